The Kier molecular flexibility index (Phi) is 5.01. The molecule has 0 aromatic carbocycles. The zero-order chi connectivity index (χ0) is 14.8. The summed E-state index contributed by atoms with van der Waals surface area (Å²) in [6.45, 7) is 2.95. The number of rotatable bonds is 4. The van der Waals surface area contributed by atoms with E-state index in [2.05, 4.69) is 11.9 Å². The molecule has 1 aliphatic heterocycles. The molecule has 112 valence electrons. The lowest BCUT2D eigenvalue weighted by Gasteiger charge is -2.35. The average molecular weight is 319 g/mol. The summed E-state index contributed by atoms with van der Waals surface area (Å²) in [6, 6.07) is 3.19. The van der Waals surface area contributed by atoms with Gasteiger partial charge in [-0.05, 0) is 24.0 Å². The Morgan fingerprint density at radius 3 is 2.80 bits per heavy atom. The third kappa shape index (κ3) is 3.14. The van der Waals surface area contributed by atoms with Crippen LogP contribution < -0.4 is 0 Å². The van der Waals surface area contributed by atoms with E-state index in [1.807, 2.05) is 0 Å². The largest absolute Gasteiger partial charge is 0.380 e. The summed E-state index contributed by atoms with van der Waals surface area (Å²) in [4.78, 5) is 4.01. The molecule has 20 heavy (non-hydrogen) atoms. The van der Waals surface area contributed by atoms with Crippen molar-refractivity contribution >= 4 is 21.6 Å². The molecule has 0 bridgehead atoms. The second-order valence-corrected chi connectivity index (χ2v) is 7.19. The molecule has 0 amide bonds. The van der Waals surface area contributed by atoms with Crippen molar-refractivity contribution in [2.24, 2.45) is 5.92 Å². The Morgan fingerprint density at radius 1 is 1.50 bits per heavy atom. The standard InChI is InChI=1S/C13H19ClN2O3S/c1-10-5-6-16(9-12(10)19-2)20(17,18)13-4-3-11(7-14)8-15-13/h3-4,8,10,12H,5-7,9H2,1-2H3. The maximum Gasteiger partial charge on any atom is 0.260 e. The van der Waals surface area contributed by atoms with E-state index < -0.39 is 10.0 Å². The van der Waals surface area contributed by atoms with Crippen LogP contribution in [-0.2, 0) is 20.6 Å². The van der Waals surface area contributed by atoms with Crippen LogP contribution in [0.25, 0.3) is 0 Å². The van der Waals surface area contributed by atoms with Crippen molar-refractivity contribution in [1.82, 2.24) is 9.29 Å². The van der Waals surface area contributed by atoms with Crippen LogP contribution in [0.3, 0.4) is 0 Å². The molecule has 7 heteroatoms. The van der Waals surface area contributed by atoms with Gasteiger partial charge in [-0.2, -0.15) is 4.31 Å². The maximum atomic E-state index is 12.5. The third-order valence-electron chi connectivity index (χ3n) is 3.71. The van der Waals surface area contributed by atoms with Gasteiger partial charge in [-0.25, -0.2) is 13.4 Å². The molecule has 1 saturated heterocycles. The molecule has 0 aliphatic carbocycles. The minimum Gasteiger partial charge on any atom is -0.380 e. The Balaban J connectivity index is 2.21. The summed E-state index contributed by atoms with van der Waals surface area (Å²) in [5, 5.41) is 0.0655. The molecule has 2 unspecified atom stereocenters. The molecular formula is C13H19ClN2O3S. The zero-order valence-corrected chi connectivity index (χ0v) is 13.2. The summed E-state index contributed by atoms with van der Waals surface area (Å²) in [7, 11) is -1.94. The number of alkyl halides is 1. The van der Waals surface area contributed by atoms with E-state index in [0.29, 0.717) is 24.9 Å². The SMILES string of the molecule is COC1CN(S(=O)(=O)c2ccc(CCl)cn2)CCC1C. The van der Waals surface area contributed by atoms with Crippen LogP contribution >= 0.6 is 11.6 Å². The predicted octanol–water partition coefficient (Wildman–Crippen LogP) is 1.87. The minimum absolute atomic E-state index is 0.0655. The van der Waals surface area contributed by atoms with Gasteiger partial charge in [0.15, 0.2) is 5.03 Å². The summed E-state index contributed by atoms with van der Waals surface area (Å²) in [6.07, 6.45) is 2.22. The van der Waals surface area contributed by atoms with Crippen molar-refractivity contribution in [3.63, 3.8) is 0 Å². The van der Waals surface area contributed by atoms with E-state index in [1.165, 1.54) is 16.6 Å². The molecule has 0 saturated carbocycles. The van der Waals surface area contributed by atoms with Gasteiger partial charge in [-0.3, -0.25) is 0 Å². The second kappa shape index (κ2) is 6.39. The quantitative estimate of drug-likeness (QED) is 0.795. The van der Waals surface area contributed by atoms with Gasteiger partial charge in [-0.1, -0.05) is 13.0 Å². The Bertz CT molecular complexity index is 547. The zero-order valence-electron chi connectivity index (χ0n) is 11.6. The highest BCUT2D eigenvalue weighted by molar-refractivity contribution is 7.89. The molecule has 1 aromatic rings. The van der Waals surface area contributed by atoms with E-state index in [1.54, 1.807) is 13.2 Å². The number of pyridine rings is 1. The third-order valence-corrected chi connectivity index (χ3v) is 5.80. The first-order valence-corrected chi connectivity index (χ1v) is 8.50. The number of methoxy groups -OCH3 is 1. The van der Waals surface area contributed by atoms with E-state index in [0.717, 1.165) is 12.0 Å². The van der Waals surface area contributed by atoms with Gasteiger partial charge < -0.3 is 4.74 Å². The molecule has 2 heterocycles. The number of hydrogen-bond acceptors (Lipinski definition) is 4. The Labute approximate surface area is 125 Å². The molecule has 2 atom stereocenters. The number of piperidine rings is 1. The van der Waals surface area contributed by atoms with Crippen LogP contribution in [0.15, 0.2) is 23.4 Å². The predicted molar refractivity (Wildman–Crippen MR) is 77.1 cm³/mol. The monoisotopic (exact) mass is 318 g/mol. The lowest BCUT2D eigenvalue weighted by molar-refractivity contribution is 0.0183. The van der Waals surface area contributed by atoms with Gasteiger partial charge in [0.1, 0.15) is 0 Å². The van der Waals surface area contributed by atoms with Crippen molar-refractivity contribution in [2.45, 2.75) is 30.4 Å². The molecule has 0 spiro atoms. The first-order chi connectivity index (χ1) is 9.48. The van der Waals surface area contributed by atoms with Gasteiger partial charge in [0.2, 0.25) is 0 Å². The van der Waals surface area contributed by atoms with Crippen LogP contribution in [-0.4, -0.2) is 44.0 Å². The van der Waals surface area contributed by atoms with Gasteiger partial charge in [0.25, 0.3) is 10.0 Å². The lowest BCUT2D eigenvalue weighted by Crippen LogP contribution is -2.46. The molecular weight excluding hydrogens is 300 g/mol. The number of ether oxygens (including phenoxy) is 1. The highest BCUT2D eigenvalue weighted by Gasteiger charge is 2.34. The summed E-state index contributed by atoms with van der Waals surface area (Å²) in [5.41, 5.74) is 0.799. The molecule has 5 nitrogen and oxygen atoms in total. The van der Waals surface area contributed by atoms with E-state index in [9.17, 15) is 8.42 Å². The first kappa shape index (κ1) is 15.7. The fourth-order valence-corrected chi connectivity index (χ4v) is 3.84. The van der Waals surface area contributed by atoms with Crippen LogP contribution in [0.4, 0.5) is 0 Å². The summed E-state index contributed by atoms with van der Waals surface area (Å²) >= 11 is 5.68. The molecule has 0 N–H and O–H groups in total. The topological polar surface area (TPSA) is 59.5 Å². The number of nitrogens with zero attached hydrogens (tertiary/aromatic N) is 2. The number of sulfonamides is 1. The number of hydrogen-bond donors (Lipinski definition) is 0. The van der Waals surface area contributed by atoms with E-state index in [-0.39, 0.29) is 11.1 Å². The molecule has 0 radical (unpaired) electrons. The highest BCUT2D eigenvalue weighted by Crippen LogP contribution is 2.24. The fourth-order valence-electron chi connectivity index (χ4n) is 2.31. The van der Waals surface area contributed by atoms with Gasteiger partial charge in [0.05, 0.1) is 6.10 Å². The Hall–Kier alpha value is -0.690. The maximum absolute atomic E-state index is 12.5. The van der Waals surface area contributed by atoms with Crippen molar-refractivity contribution in [3.05, 3.63) is 23.9 Å². The molecule has 1 aliphatic rings. The normalized spacial score (nSPS) is 24.8. The van der Waals surface area contributed by atoms with Gasteiger partial charge in [0, 0.05) is 32.3 Å². The smallest absolute Gasteiger partial charge is 0.260 e. The second-order valence-electron chi connectivity index (χ2n) is 5.04. The van der Waals surface area contributed by atoms with Crippen molar-refractivity contribution < 1.29 is 13.2 Å². The molecule has 1 aromatic heterocycles. The lowest BCUT2D eigenvalue weighted by atomic mass is 9.97. The van der Waals surface area contributed by atoms with Crippen LogP contribution in [0.1, 0.15) is 18.9 Å². The van der Waals surface area contributed by atoms with E-state index >= 15 is 0 Å². The van der Waals surface area contributed by atoms with E-state index in [4.69, 9.17) is 16.3 Å². The first-order valence-electron chi connectivity index (χ1n) is 6.53. The van der Waals surface area contributed by atoms with Gasteiger partial charge >= 0.3 is 0 Å². The van der Waals surface area contributed by atoms with Crippen LogP contribution in [0.5, 0.6) is 0 Å². The van der Waals surface area contributed by atoms with Crippen molar-refractivity contribution in [2.75, 3.05) is 20.2 Å². The number of halogens is 1. The molecule has 2 rings (SSSR count). The van der Waals surface area contributed by atoms with Crippen molar-refractivity contribution in [1.29, 1.82) is 0 Å². The number of aromatic nitrogens is 1. The average Bonchev–Trinajstić information content (AvgIpc) is 2.47. The summed E-state index contributed by atoms with van der Waals surface area (Å²) < 4.78 is 31.9. The molecule has 1 fully saturated rings. The highest BCUT2D eigenvalue weighted by atomic mass is 35.5. The minimum atomic E-state index is -3.55. The Morgan fingerprint density at radius 2 is 2.25 bits per heavy atom. The van der Waals surface area contributed by atoms with Crippen LogP contribution in [0, 0.1) is 5.92 Å². The van der Waals surface area contributed by atoms with Crippen LogP contribution in [0.2, 0.25) is 0 Å². The summed E-state index contributed by atoms with van der Waals surface area (Å²) in [5.74, 6) is 0.679. The van der Waals surface area contributed by atoms with Crippen molar-refractivity contribution in [3.8, 4) is 0 Å². The van der Waals surface area contributed by atoms with Gasteiger partial charge in [-0.15, -0.1) is 11.6 Å². The fraction of sp³-hybridized carbons (Fsp3) is 0.615.